The number of hydrogen-bond acceptors (Lipinski definition) is 4. The highest BCUT2D eigenvalue weighted by Crippen LogP contribution is 2.30. The van der Waals surface area contributed by atoms with Crippen LogP contribution in [0.2, 0.25) is 0 Å². The number of methoxy groups -OCH3 is 1. The molecule has 1 atom stereocenters. The second-order valence-electron chi connectivity index (χ2n) is 7.55. The molecule has 8 heteroatoms. The van der Waals surface area contributed by atoms with Gasteiger partial charge in [-0.2, -0.15) is 0 Å². The molecule has 1 saturated heterocycles. The molecule has 1 aliphatic rings. The number of rotatable bonds is 7. The summed E-state index contributed by atoms with van der Waals surface area (Å²) < 4.78 is 18.6. The zero-order valence-electron chi connectivity index (χ0n) is 17.9. The molecule has 0 radical (unpaired) electrons. The summed E-state index contributed by atoms with van der Waals surface area (Å²) in [6, 6.07) is 19.5. The SMILES string of the molecule is COc1cccc(N2C(=O)[C@@H](CC(=O)Nc3ccccc3)N(Cc3ccc(F)cc3)C2=O)c1. The number of para-hydroxylation sites is 1. The Balaban J connectivity index is 1.62. The number of anilines is 2. The zero-order valence-corrected chi connectivity index (χ0v) is 17.9. The number of nitrogens with zero attached hydrogens (tertiary/aromatic N) is 2. The Kier molecular flexibility index (Phi) is 6.35. The highest BCUT2D eigenvalue weighted by atomic mass is 19.1. The van der Waals surface area contributed by atoms with Crippen LogP contribution in [0.4, 0.5) is 20.6 Å². The lowest BCUT2D eigenvalue weighted by molar-refractivity contribution is -0.124. The van der Waals surface area contributed by atoms with E-state index in [-0.39, 0.29) is 13.0 Å². The van der Waals surface area contributed by atoms with E-state index in [0.29, 0.717) is 22.7 Å². The summed E-state index contributed by atoms with van der Waals surface area (Å²) >= 11 is 0. The molecular formula is C25H22FN3O4. The van der Waals surface area contributed by atoms with Crippen LogP contribution >= 0.6 is 0 Å². The lowest BCUT2D eigenvalue weighted by Crippen LogP contribution is -2.37. The smallest absolute Gasteiger partial charge is 0.332 e. The Labute approximate surface area is 190 Å². The van der Waals surface area contributed by atoms with Crippen molar-refractivity contribution in [3.05, 3.63) is 90.2 Å². The minimum Gasteiger partial charge on any atom is -0.497 e. The maximum atomic E-state index is 13.3. The van der Waals surface area contributed by atoms with Crippen molar-refractivity contribution in [2.75, 3.05) is 17.3 Å². The predicted octanol–water partition coefficient (Wildman–Crippen LogP) is 4.20. The van der Waals surface area contributed by atoms with Crippen molar-refractivity contribution in [3.8, 4) is 5.75 Å². The summed E-state index contributed by atoms with van der Waals surface area (Å²) in [4.78, 5) is 41.8. The van der Waals surface area contributed by atoms with Crippen molar-refractivity contribution >= 4 is 29.2 Å². The first-order chi connectivity index (χ1) is 16.0. The quantitative estimate of drug-likeness (QED) is 0.551. The third-order valence-corrected chi connectivity index (χ3v) is 5.33. The summed E-state index contributed by atoms with van der Waals surface area (Å²) in [5, 5.41) is 2.75. The minimum atomic E-state index is -1.02. The fraction of sp³-hybridized carbons (Fsp3) is 0.160. The Bertz CT molecular complexity index is 1170. The number of ether oxygens (including phenoxy) is 1. The highest BCUT2D eigenvalue weighted by Gasteiger charge is 2.46. The normalized spacial score (nSPS) is 15.6. The van der Waals surface area contributed by atoms with Gasteiger partial charge < -0.3 is 15.0 Å². The second kappa shape index (κ2) is 9.52. The topological polar surface area (TPSA) is 79.0 Å². The van der Waals surface area contributed by atoms with Gasteiger partial charge in [0.05, 0.1) is 19.2 Å². The standard InChI is InChI=1S/C25H22FN3O4/c1-33-21-9-5-8-20(14-21)29-24(31)22(15-23(30)27-19-6-3-2-4-7-19)28(25(29)32)16-17-10-12-18(26)13-11-17/h2-14,22H,15-16H2,1H3,(H,27,30)/t22-/m1/s1. The molecule has 0 saturated carbocycles. The van der Waals surface area contributed by atoms with Crippen molar-refractivity contribution in [1.82, 2.24) is 4.90 Å². The molecule has 4 amide bonds. The first-order valence-corrected chi connectivity index (χ1v) is 10.3. The molecule has 0 aromatic heterocycles. The largest absolute Gasteiger partial charge is 0.497 e. The van der Waals surface area contributed by atoms with Crippen LogP contribution < -0.4 is 15.0 Å². The van der Waals surface area contributed by atoms with Crippen molar-refractivity contribution in [3.63, 3.8) is 0 Å². The molecule has 0 bridgehead atoms. The third-order valence-electron chi connectivity index (χ3n) is 5.33. The van der Waals surface area contributed by atoms with Gasteiger partial charge in [-0.1, -0.05) is 36.4 Å². The van der Waals surface area contributed by atoms with Gasteiger partial charge in [-0.15, -0.1) is 0 Å². The maximum Gasteiger partial charge on any atom is 0.332 e. The molecule has 3 aromatic rings. The zero-order chi connectivity index (χ0) is 23.4. The number of amides is 4. The van der Waals surface area contributed by atoms with Gasteiger partial charge in [0.1, 0.15) is 17.6 Å². The van der Waals surface area contributed by atoms with Crippen molar-refractivity contribution in [1.29, 1.82) is 0 Å². The van der Waals surface area contributed by atoms with Gasteiger partial charge in [-0.05, 0) is 42.0 Å². The predicted molar refractivity (Wildman–Crippen MR) is 121 cm³/mol. The first kappa shape index (κ1) is 22.0. The molecule has 1 heterocycles. The molecule has 0 aliphatic carbocycles. The highest BCUT2D eigenvalue weighted by molar-refractivity contribution is 6.22. The van der Waals surface area contributed by atoms with Gasteiger partial charge >= 0.3 is 6.03 Å². The molecule has 168 valence electrons. The maximum absolute atomic E-state index is 13.3. The van der Waals surface area contributed by atoms with E-state index in [9.17, 15) is 18.8 Å². The Morgan fingerprint density at radius 3 is 2.42 bits per heavy atom. The van der Waals surface area contributed by atoms with Crippen molar-refractivity contribution in [2.24, 2.45) is 0 Å². The Morgan fingerprint density at radius 1 is 1.00 bits per heavy atom. The number of benzene rings is 3. The summed E-state index contributed by atoms with van der Waals surface area (Å²) in [6.45, 7) is 0.0502. The van der Waals surface area contributed by atoms with E-state index in [1.165, 1.54) is 24.1 Å². The van der Waals surface area contributed by atoms with Crippen LogP contribution in [-0.4, -0.2) is 35.9 Å². The Morgan fingerprint density at radius 2 is 1.73 bits per heavy atom. The molecule has 33 heavy (non-hydrogen) atoms. The number of hydrogen-bond donors (Lipinski definition) is 1. The summed E-state index contributed by atoms with van der Waals surface area (Å²) in [5.41, 5.74) is 1.58. The molecule has 1 N–H and O–H groups in total. The van der Waals surface area contributed by atoms with E-state index in [1.807, 2.05) is 6.07 Å². The van der Waals surface area contributed by atoms with E-state index in [0.717, 1.165) is 4.90 Å². The van der Waals surface area contributed by atoms with Gasteiger partial charge in [0, 0.05) is 18.3 Å². The molecule has 7 nitrogen and oxygen atoms in total. The average molecular weight is 447 g/mol. The molecule has 1 fully saturated rings. The molecular weight excluding hydrogens is 425 g/mol. The summed E-state index contributed by atoms with van der Waals surface area (Å²) in [5.74, 6) is -0.828. The van der Waals surface area contributed by atoms with Crippen LogP contribution in [0.15, 0.2) is 78.9 Å². The van der Waals surface area contributed by atoms with Crippen LogP contribution in [0.25, 0.3) is 0 Å². The van der Waals surface area contributed by atoms with E-state index in [1.54, 1.807) is 60.7 Å². The Hall–Kier alpha value is -4.20. The molecule has 4 rings (SSSR count). The van der Waals surface area contributed by atoms with E-state index in [2.05, 4.69) is 5.32 Å². The second-order valence-corrected chi connectivity index (χ2v) is 7.55. The molecule has 1 aliphatic heterocycles. The van der Waals surface area contributed by atoms with Gasteiger partial charge in [-0.25, -0.2) is 14.1 Å². The number of carbonyl (C=O) groups is 3. The first-order valence-electron chi connectivity index (χ1n) is 10.3. The third kappa shape index (κ3) is 4.85. The number of carbonyl (C=O) groups excluding carboxylic acids is 3. The molecule has 3 aromatic carbocycles. The minimum absolute atomic E-state index is 0.0502. The average Bonchev–Trinajstić information content (AvgIpc) is 3.05. The summed E-state index contributed by atoms with van der Waals surface area (Å²) in [7, 11) is 1.49. The van der Waals surface area contributed by atoms with Crippen molar-refractivity contribution < 1.29 is 23.5 Å². The number of nitrogens with one attached hydrogen (secondary N) is 1. The lowest BCUT2D eigenvalue weighted by Gasteiger charge is -2.21. The molecule has 0 spiro atoms. The van der Waals surface area contributed by atoms with Crippen LogP contribution in [-0.2, 0) is 16.1 Å². The van der Waals surface area contributed by atoms with E-state index < -0.39 is 29.7 Å². The van der Waals surface area contributed by atoms with E-state index >= 15 is 0 Å². The van der Waals surface area contributed by atoms with Crippen molar-refractivity contribution in [2.45, 2.75) is 19.0 Å². The van der Waals surface area contributed by atoms with E-state index in [4.69, 9.17) is 4.74 Å². The fourth-order valence-electron chi connectivity index (χ4n) is 3.70. The number of urea groups is 1. The van der Waals surface area contributed by atoms with Gasteiger partial charge in [0.2, 0.25) is 5.91 Å². The van der Waals surface area contributed by atoms with Gasteiger partial charge in [0.25, 0.3) is 5.91 Å². The van der Waals surface area contributed by atoms with Gasteiger partial charge in [0.15, 0.2) is 0 Å². The van der Waals surface area contributed by atoms with Crippen LogP contribution in [0.5, 0.6) is 5.75 Å². The van der Waals surface area contributed by atoms with Crippen LogP contribution in [0.3, 0.4) is 0 Å². The van der Waals surface area contributed by atoms with Crippen LogP contribution in [0, 0.1) is 5.82 Å². The van der Waals surface area contributed by atoms with Crippen LogP contribution in [0.1, 0.15) is 12.0 Å². The van der Waals surface area contributed by atoms with Gasteiger partial charge in [-0.3, -0.25) is 9.59 Å². The molecule has 0 unspecified atom stereocenters. The summed E-state index contributed by atoms with van der Waals surface area (Å²) in [6.07, 6.45) is -0.221. The number of imide groups is 1. The number of halogens is 1. The lowest BCUT2D eigenvalue weighted by atomic mass is 10.1. The monoisotopic (exact) mass is 447 g/mol. The fourth-order valence-corrected chi connectivity index (χ4v) is 3.70.